The van der Waals surface area contributed by atoms with Crippen molar-refractivity contribution in [1.29, 1.82) is 0 Å². The highest BCUT2D eigenvalue weighted by Crippen LogP contribution is 2.22. The fourth-order valence-electron chi connectivity index (χ4n) is 2.12. The first kappa shape index (κ1) is 17.9. The van der Waals surface area contributed by atoms with Crippen LogP contribution in [0.5, 0.6) is 0 Å². The van der Waals surface area contributed by atoms with E-state index in [0.29, 0.717) is 5.76 Å². The molecule has 9 heteroatoms. The molecule has 26 heavy (non-hydrogen) atoms. The number of hydrogen-bond donors (Lipinski definition) is 2. The molecule has 0 aliphatic heterocycles. The number of furan rings is 1. The summed E-state index contributed by atoms with van der Waals surface area (Å²) in [6.07, 6.45) is 1.36. The summed E-state index contributed by atoms with van der Waals surface area (Å²) in [7, 11) is -3.75. The molecular weight excluding hydrogens is 374 g/mol. The van der Waals surface area contributed by atoms with Gasteiger partial charge in [-0.25, -0.2) is 13.8 Å². The van der Waals surface area contributed by atoms with Crippen LogP contribution >= 0.6 is 11.3 Å². The van der Waals surface area contributed by atoms with Crippen LogP contribution in [0.4, 0.5) is 5.69 Å². The monoisotopic (exact) mass is 389 g/mol. The number of rotatable bonds is 6. The predicted molar refractivity (Wildman–Crippen MR) is 100 cm³/mol. The van der Waals surface area contributed by atoms with E-state index < -0.39 is 15.9 Å². The largest absolute Gasteiger partial charge is 0.460 e. The van der Waals surface area contributed by atoms with Crippen molar-refractivity contribution in [2.75, 3.05) is 4.72 Å². The van der Waals surface area contributed by atoms with Gasteiger partial charge in [0.15, 0.2) is 0 Å². The first-order chi connectivity index (χ1) is 12.5. The Balaban J connectivity index is 1.76. The number of hydrogen-bond acceptors (Lipinski definition) is 6. The van der Waals surface area contributed by atoms with E-state index in [4.69, 9.17) is 4.42 Å². The highest BCUT2D eigenvalue weighted by Gasteiger charge is 2.19. The van der Waals surface area contributed by atoms with Crippen LogP contribution < -0.4 is 10.1 Å². The van der Waals surface area contributed by atoms with Crippen LogP contribution in [0.2, 0.25) is 0 Å². The molecule has 2 aromatic heterocycles. The zero-order valence-electron chi connectivity index (χ0n) is 13.7. The zero-order valence-corrected chi connectivity index (χ0v) is 15.3. The summed E-state index contributed by atoms with van der Waals surface area (Å²) < 4.78 is 32.6. The molecule has 0 bridgehead atoms. The van der Waals surface area contributed by atoms with Crippen molar-refractivity contribution in [2.24, 2.45) is 5.10 Å². The Kier molecular flexibility index (Phi) is 5.19. The lowest BCUT2D eigenvalue weighted by Crippen LogP contribution is -2.21. The van der Waals surface area contributed by atoms with E-state index in [1.54, 1.807) is 42.6 Å². The normalized spacial score (nSPS) is 11.6. The molecule has 0 atom stereocenters. The average molecular weight is 389 g/mol. The number of para-hydroxylation sites is 1. The van der Waals surface area contributed by atoms with Gasteiger partial charge in [-0.2, -0.15) is 5.10 Å². The van der Waals surface area contributed by atoms with Gasteiger partial charge in [0.2, 0.25) is 0 Å². The SMILES string of the molecule is Cc1ccc(/C=N\NC(=O)c2ccccc2NS(=O)(=O)c2cccs2)o1. The molecule has 7 nitrogen and oxygen atoms in total. The fourth-order valence-corrected chi connectivity index (χ4v) is 4.19. The number of anilines is 1. The van der Waals surface area contributed by atoms with Crippen molar-refractivity contribution in [3.8, 4) is 0 Å². The number of sulfonamides is 1. The van der Waals surface area contributed by atoms with Gasteiger partial charge in [-0.15, -0.1) is 11.3 Å². The van der Waals surface area contributed by atoms with Crippen molar-refractivity contribution in [2.45, 2.75) is 11.1 Å². The summed E-state index contributed by atoms with van der Waals surface area (Å²) in [6.45, 7) is 1.80. The highest BCUT2D eigenvalue weighted by molar-refractivity contribution is 7.94. The van der Waals surface area contributed by atoms with Gasteiger partial charge in [-0.1, -0.05) is 18.2 Å². The molecular formula is C17H15N3O4S2. The number of amides is 1. The Morgan fingerprint density at radius 1 is 1.15 bits per heavy atom. The summed E-state index contributed by atoms with van der Waals surface area (Å²) in [5, 5.41) is 5.49. The molecule has 1 aromatic carbocycles. The fraction of sp³-hybridized carbons (Fsp3) is 0.0588. The molecule has 2 heterocycles. The van der Waals surface area contributed by atoms with E-state index in [0.717, 1.165) is 17.1 Å². The topological polar surface area (TPSA) is 101 Å². The van der Waals surface area contributed by atoms with Gasteiger partial charge >= 0.3 is 0 Å². The van der Waals surface area contributed by atoms with Crippen LogP contribution in [0.15, 0.2) is 67.6 Å². The van der Waals surface area contributed by atoms with Crippen LogP contribution in [0.1, 0.15) is 21.9 Å². The van der Waals surface area contributed by atoms with E-state index >= 15 is 0 Å². The van der Waals surface area contributed by atoms with Crippen molar-refractivity contribution in [3.05, 3.63) is 71.0 Å². The van der Waals surface area contributed by atoms with Crippen LogP contribution in [-0.4, -0.2) is 20.5 Å². The zero-order chi connectivity index (χ0) is 18.6. The van der Waals surface area contributed by atoms with E-state index in [1.165, 1.54) is 24.4 Å². The maximum absolute atomic E-state index is 12.4. The first-order valence-electron chi connectivity index (χ1n) is 7.51. The maximum atomic E-state index is 12.4. The minimum Gasteiger partial charge on any atom is -0.460 e. The van der Waals surface area contributed by atoms with E-state index in [1.807, 2.05) is 0 Å². The lowest BCUT2D eigenvalue weighted by atomic mass is 10.2. The molecule has 0 fully saturated rings. The second kappa shape index (κ2) is 7.54. The number of carbonyl (C=O) groups excluding carboxylic acids is 1. The van der Waals surface area contributed by atoms with Gasteiger partial charge in [0.25, 0.3) is 15.9 Å². The maximum Gasteiger partial charge on any atom is 0.273 e. The third-order valence-corrected chi connectivity index (χ3v) is 6.06. The van der Waals surface area contributed by atoms with E-state index in [2.05, 4.69) is 15.2 Å². The summed E-state index contributed by atoms with van der Waals surface area (Å²) in [4.78, 5) is 12.3. The molecule has 0 aliphatic rings. The first-order valence-corrected chi connectivity index (χ1v) is 9.87. The number of nitrogens with zero attached hydrogens (tertiary/aromatic N) is 1. The van der Waals surface area contributed by atoms with Crippen molar-refractivity contribution < 1.29 is 17.6 Å². The Morgan fingerprint density at radius 2 is 1.96 bits per heavy atom. The number of hydrazone groups is 1. The van der Waals surface area contributed by atoms with Gasteiger partial charge < -0.3 is 4.42 Å². The van der Waals surface area contributed by atoms with Gasteiger partial charge in [-0.3, -0.25) is 9.52 Å². The molecule has 1 amide bonds. The third-order valence-electron chi connectivity index (χ3n) is 3.29. The molecule has 3 aromatic rings. The van der Waals surface area contributed by atoms with Crippen LogP contribution in [0, 0.1) is 6.92 Å². The molecule has 134 valence electrons. The molecule has 2 N–H and O–H groups in total. The lowest BCUT2D eigenvalue weighted by molar-refractivity contribution is 0.0956. The second-order valence-electron chi connectivity index (χ2n) is 5.23. The van der Waals surface area contributed by atoms with Crippen molar-refractivity contribution in [3.63, 3.8) is 0 Å². The van der Waals surface area contributed by atoms with Gasteiger partial charge in [0.1, 0.15) is 15.7 Å². The lowest BCUT2D eigenvalue weighted by Gasteiger charge is -2.10. The third kappa shape index (κ3) is 4.19. The number of thiophene rings is 1. The molecule has 0 saturated carbocycles. The molecule has 0 unspecified atom stereocenters. The Bertz CT molecular complexity index is 1040. The number of benzene rings is 1. The van der Waals surface area contributed by atoms with Crippen LogP contribution in [0.3, 0.4) is 0 Å². The second-order valence-corrected chi connectivity index (χ2v) is 8.09. The summed E-state index contributed by atoms with van der Waals surface area (Å²) in [5.74, 6) is 0.676. The Labute approximate surface area is 154 Å². The molecule has 3 rings (SSSR count). The number of carbonyl (C=O) groups is 1. The van der Waals surface area contributed by atoms with Crippen LogP contribution in [-0.2, 0) is 10.0 Å². The Hall–Kier alpha value is -2.91. The quantitative estimate of drug-likeness (QED) is 0.499. The van der Waals surface area contributed by atoms with E-state index in [9.17, 15) is 13.2 Å². The highest BCUT2D eigenvalue weighted by atomic mass is 32.2. The minimum atomic E-state index is -3.75. The Morgan fingerprint density at radius 3 is 2.65 bits per heavy atom. The number of aryl methyl sites for hydroxylation is 1. The summed E-state index contributed by atoms with van der Waals surface area (Å²) in [6, 6.07) is 12.9. The summed E-state index contributed by atoms with van der Waals surface area (Å²) >= 11 is 1.09. The predicted octanol–water partition coefficient (Wildman–Crippen LogP) is 3.21. The molecule has 0 spiro atoms. The molecule has 0 radical (unpaired) electrons. The summed E-state index contributed by atoms with van der Waals surface area (Å²) in [5.41, 5.74) is 2.68. The van der Waals surface area contributed by atoms with E-state index in [-0.39, 0.29) is 15.5 Å². The van der Waals surface area contributed by atoms with Crippen molar-refractivity contribution in [1.82, 2.24) is 5.43 Å². The standard InChI is InChI=1S/C17H15N3O4S2/c1-12-8-9-13(24-12)11-18-19-17(21)14-5-2-3-6-15(14)20-26(22,23)16-7-4-10-25-16/h2-11,20H,1H3,(H,19,21)/b18-11-. The van der Waals surface area contributed by atoms with Crippen LogP contribution in [0.25, 0.3) is 0 Å². The smallest absolute Gasteiger partial charge is 0.273 e. The minimum absolute atomic E-state index is 0.153. The van der Waals surface area contributed by atoms with Crippen molar-refractivity contribution >= 4 is 39.2 Å². The van der Waals surface area contributed by atoms with Gasteiger partial charge in [-0.05, 0) is 42.6 Å². The average Bonchev–Trinajstić information content (AvgIpc) is 3.27. The molecule has 0 saturated heterocycles. The van der Waals surface area contributed by atoms with Gasteiger partial charge in [0.05, 0.1) is 17.5 Å². The van der Waals surface area contributed by atoms with Gasteiger partial charge in [0, 0.05) is 0 Å². The number of nitrogens with one attached hydrogen (secondary N) is 2. The molecule has 0 aliphatic carbocycles.